The van der Waals surface area contributed by atoms with E-state index in [1.165, 1.54) is 257 Å². The van der Waals surface area contributed by atoms with Gasteiger partial charge in [-0.05, 0) is 32.4 Å². The summed E-state index contributed by atoms with van der Waals surface area (Å²) >= 11 is 0. The minimum Gasteiger partial charge on any atom is -0.550 e. The van der Waals surface area contributed by atoms with Crippen LogP contribution in [0.3, 0.4) is 0 Å². The van der Waals surface area contributed by atoms with Crippen LogP contribution in [0.5, 0.6) is 0 Å². The molecule has 0 saturated carbocycles. The van der Waals surface area contributed by atoms with Gasteiger partial charge in [-0.3, -0.25) is 0 Å². The first kappa shape index (κ1) is 53.5. The van der Waals surface area contributed by atoms with Gasteiger partial charge < -0.3 is 14.8 Å². The summed E-state index contributed by atoms with van der Waals surface area (Å²) in [5.74, 6) is -0.901. The van der Waals surface area contributed by atoms with Crippen LogP contribution in [0.4, 0.5) is 0 Å². The van der Waals surface area contributed by atoms with Crippen molar-refractivity contribution in [3.63, 3.8) is 0 Å². The summed E-state index contributed by atoms with van der Waals surface area (Å²) in [5.41, 5.74) is 0. The van der Waals surface area contributed by atoms with Crippen LogP contribution < -0.4 is 34.7 Å². The Morgan fingerprint density at radius 1 is 0.314 bits per heavy atom. The van der Waals surface area contributed by atoms with Gasteiger partial charge in [0.15, 0.2) is 0 Å². The molecule has 4 heteroatoms. The molecule has 3 nitrogen and oxygen atoms in total. The van der Waals surface area contributed by atoms with Crippen molar-refractivity contribution in [3.05, 3.63) is 0 Å². The van der Waals surface area contributed by atoms with Crippen molar-refractivity contribution in [1.29, 1.82) is 0 Å². The molecule has 0 fully saturated rings. The second-order valence-corrected chi connectivity index (χ2v) is 16.4. The molecule has 300 valence electrons. The monoisotopic (exact) mass is 728 g/mol. The molecule has 51 heavy (non-hydrogen) atoms. The van der Waals surface area contributed by atoms with Crippen LogP contribution in [0.1, 0.15) is 277 Å². The molecule has 0 aromatic rings. The van der Waals surface area contributed by atoms with Crippen molar-refractivity contribution in [2.24, 2.45) is 0 Å². The van der Waals surface area contributed by atoms with Crippen molar-refractivity contribution in [3.8, 4) is 0 Å². The van der Waals surface area contributed by atoms with Crippen molar-refractivity contribution in [1.82, 2.24) is 4.90 Å². The van der Waals surface area contributed by atoms with Crippen LogP contribution in [0.25, 0.3) is 0 Å². The fourth-order valence-electron chi connectivity index (χ4n) is 7.77. The molecule has 0 bridgehead atoms. The molecule has 0 saturated heterocycles. The zero-order chi connectivity index (χ0) is 36.3. The number of nitrogens with zero attached hydrogens (tertiary/aromatic N) is 1. The van der Waals surface area contributed by atoms with Gasteiger partial charge >= 0.3 is 29.6 Å². The zero-order valence-corrected chi connectivity index (χ0v) is 37.9. The van der Waals surface area contributed by atoms with Gasteiger partial charge in [0, 0.05) is 12.5 Å². The van der Waals surface area contributed by atoms with E-state index in [1.54, 1.807) is 0 Å². The molecule has 0 aromatic carbocycles. The Balaban J connectivity index is 0. The number of rotatable bonds is 45. The fourth-order valence-corrected chi connectivity index (χ4v) is 7.77. The molecular weight excluding hydrogens is 634 g/mol. The Bertz CT molecular complexity index is 585. The van der Waals surface area contributed by atoms with E-state index in [-0.39, 0.29) is 36.0 Å². The van der Waals surface area contributed by atoms with Crippen LogP contribution in [-0.2, 0) is 4.79 Å². The number of unbranched alkanes of at least 4 members (excludes halogenated alkanes) is 38. The van der Waals surface area contributed by atoms with E-state index in [0.717, 1.165) is 13.1 Å². The van der Waals surface area contributed by atoms with Gasteiger partial charge in [0.05, 0.1) is 0 Å². The Hall–Kier alpha value is 0.430. The predicted octanol–water partition coefficient (Wildman–Crippen LogP) is 12.1. The molecule has 0 aliphatic heterocycles. The van der Waals surface area contributed by atoms with Crippen LogP contribution in [-0.4, -0.2) is 30.5 Å². The molecule has 0 aliphatic rings. The van der Waals surface area contributed by atoms with Gasteiger partial charge in [-0.2, -0.15) is 0 Å². The minimum absolute atomic E-state index is 0. The van der Waals surface area contributed by atoms with E-state index in [4.69, 9.17) is 0 Å². The summed E-state index contributed by atoms with van der Waals surface area (Å²) in [7, 11) is 0. The number of hydrogen-bond donors (Lipinski definition) is 0. The third kappa shape index (κ3) is 48.4. The average Bonchev–Trinajstić information content (AvgIpc) is 3.11. The van der Waals surface area contributed by atoms with Crippen molar-refractivity contribution in [2.75, 3.05) is 19.6 Å². The Morgan fingerprint density at radius 3 is 0.667 bits per heavy atom. The van der Waals surface area contributed by atoms with Gasteiger partial charge in [0.2, 0.25) is 0 Å². The van der Waals surface area contributed by atoms with Crippen LogP contribution in [0, 0.1) is 0 Å². The SMILES string of the molecule is CCCCCCCCCCCCCCCCCCCCCCN(CCCCCCCCCCCCCCCCCCCCCC)CCC(=O)[O-].[Na+]. The molecule has 0 aliphatic carbocycles. The van der Waals surface area contributed by atoms with Crippen LogP contribution in [0.15, 0.2) is 0 Å². The summed E-state index contributed by atoms with van der Waals surface area (Å²) in [6.45, 7) is 7.39. The first-order chi connectivity index (χ1) is 24.7. The molecule has 0 atom stereocenters. The maximum absolute atomic E-state index is 11.1. The quantitative estimate of drug-likeness (QED) is 0.0463. The number of carbonyl (C=O) groups excluding carboxylic acids is 1. The molecule has 0 unspecified atom stereocenters. The average molecular weight is 728 g/mol. The van der Waals surface area contributed by atoms with Gasteiger partial charge in [-0.1, -0.05) is 258 Å². The molecule has 0 amide bonds. The second kappa shape index (κ2) is 48.4. The Labute approximate surface area is 345 Å². The largest absolute Gasteiger partial charge is 1.00 e. The summed E-state index contributed by atoms with van der Waals surface area (Å²) < 4.78 is 0. The van der Waals surface area contributed by atoms with Crippen molar-refractivity contribution in [2.45, 2.75) is 277 Å². The minimum atomic E-state index is -0.901. The summed E-state index contributed by atoms with van der Waals surface area (Å²) in [6, 6.07) is 0. The summed E-state index contributed by atoms with van der Waals surface area (Å²) in [5, 5.41) is 11.1. The number of carboxylic acids is 1. The maximum Gasteiger partial charge on any atom is 1.00 e. The van der Waals surface area contributed by atoms with Gasteiger partial charge in [-0.15, -0.1) is 0 Å². The number of carboxylic acid groups (broad SMARTS) is 1. The molecule has 0 N–H and O–H groups in total. The molecule has 0 radical (unpaired) electrons. The third-order valence-corrected chi connectivity index (χ3v) is 11.3. The predicted molar refractivity (Wildman–Crippen MR) is 222 cm³/mol. The van der Waals surface area contributed by atoms with E-state index in [2.05, 4.69) is 18.7 Å². The van der Waals surface area contributed by atoms with Gasteiger partial charge in [0.25, 0.3) is 0 Å². The maximum atomic E-state index is 11.1. The standard InChI is InChI=1S/C47H95NO2.Na/c1-3-5-7-9-11-13-15-17-19-21-23-25-27-29-31-33-35-37-39-41-44-48(46-43-47(49)50)45-42-40-38-36-34-32-30-28-26-24-22-20-18-16-14-12-10-8-6-4-2;/h3-46H2,1-2H3,(H,49,50);/q;+1/p-1. The summed E-state index contributed by atoms with van der Waals surface area (Å²) in [4.78, 5) is 13.5. The van der Waals surface area contributed by atoms with E-state index < -0.39 is 5.97 Å². The first-order valence-corrected chi connectivity index (χ1v) is 23.6. The number of hydrogen-bond acceptors (Lipinski definition) is 3. The van der Waals surface area contributed by atoms with E-state index >= 15 is 0 Å². The Morgan fingerprint density at radius 2 is 0.490 bits per heavy atom. The Kier molecular flexibility index (Phi) is 50.9. The van der Waals surface area contributed by atoms with E-state index in [0.29, 0.717) is 6.54 Å². The fraction of sp³-hybridized carbons (Fsp3) is 0.979. The number of carbonyl (C=O) groups is 1. The zero-order valence-electron chi connectivity index (χ0n) is 35.9. The van der Waals surface area contributed by atoms with Gasteiger partial charge in [0.1, 0.15) is 0 Å². The van der Waals surface area contributed by atoms with Gasteiger partial charge in [-0.25, -0.2) is 0 Å². The van der Waals surface area contributed by atoms with Crippen molar-refractivity contribution >= 4 is 5.97 Å². The smallest absolute Gasteiger partial charge is 0.550 e. The van der Waals surface area contributed by atoms with Crippen molar-refractivity contribution < 1.29 is 39.5 Å². The molecule has 0 spiro atoms. The van der Waals surface area contributed by atoms with E-state index in [1.807, 2.05) is 0 Å². The van der Waals surface area contributed by atoms with Crippen LogP contribution in [0.2, 0.25) is 0 Å². The normalized spacial score (nSPS) is 11.4. The topological polar surface area (TPSA) is 43.4 Å². The number of aliphatic carboxylic acids is 1. The third-order valence-electron chi connectivity index (χ3n) is 11.3. The van der Waals surface area contributed by atoms with Crippen LogP contribution >= 0.6 is 0 Å². The molecule has 0 rings (SSSR count). The first-order valence-electron chi connectivity index (χ1n) is 23.6. The summed E-state index contributed by atoms with van der Waals surface area (Å²) in [6.07, 6.45) is 56.6. The molecular formula is C47H94NNaO2. The van der Waals surface area contributed by atoms with E-state index in [9.17, 15) is 9.90 Å². The molecule has 0 aromatic heterocycles. The second-order valence-electron chi connectivity index (χ2n) is 16.4. The molecule has 0 heterocycles.